The van der Waals surface area contributed by atoms with Crippen LogP contribution < -0.4 is 10.6 Å². The molecule has 3 aromatic carbocycles. The number of anilines is 2. The predicted octanol–water partition coefficient (Wildman–Crippen LogP) is 6.73. The van der Waals surface area contributed by atoms with Crippen LogP contribution in [0.25, 0.3) is 0 Å². The van der Waals surface area contributed by atoms with Crippen LogP contribution in [-0.2, 0) is 4.79 Å². The maximum Gasteiger partial charge on any atom is 0.282 e. The summed E-state index contributed by atoms with van der Waals surface area (Å²) in [7, 11) is 0. The third-order valence-corrected chi connectivity index (χ3v) is 8.83. The van der Waals surface area contributed by atoms with Crippen LogP contribution in [0, 0.1) is 21.8 Å². The van der Waals surface area contributed by atoms with Gasteiger partial charge in [-0.25, -0.2) is 4.39 Å². The van der Waals surface area contributed by atoms with E-state index in [9.17, 15) is 19.3 Å². The first-order valence-corrected chi connectivity index (χ1v) is 12.6. The molecule has 0 saturated heterocycles. The number of nitrogens with one attached hydrogen (secondary N) is 2. The minimum absolute atomic E-state index is 0.0465. The lowest BCUT2D eigenvalue weighted by Gasteiger charge is -2.38. The topological polar surface area (TPSA) is 84.3 Å². The van der Waals surface area contributed by atoms with E-state index in [2.05, 4.69) is 10.6 Å². The van der Waals surface area contributed by atoms with E-state index >= 15 is 0 Å². The first-order valence-electron chi connectivity index (χ1n) is 11.3. The highest BCUT2D eigenvalue weighted by Crippen LogP contribution is 2.58. The zero-order valence-electron chi connectivity index (χ0n) is 18.8. The van der Waals surface area contributed by atoms with E-state index in [1.165, 1.54) is 30.8 Å². The van der Waals surface area contributed by atoms with Gasteiger partial charge in [-0.1, -0.05) is 30.3 Å². The van der Waals surface area contributed by atoms with Crippen molar-refractivity contribution in [3.63, 3.8) is 0 Å². The van der Waals surface area contributed by atoms with E-state index in [1.807, 2.05) is 24.3 Å². The lowest BCUT2D eigenvalue weighted by atomic mass is 9.77. The standard InChI is InChI=1S/C26H23ClFN3O3S/c1-14(32)29-15-10-11-20-17(12-15)24-18(26(30-20)16-6-2-3-7-19(16)28)13-23(25(24)27)35-22-9-5-4-8-21(22)31(33)34/h2-12,18,23-26,30H,13H2,1H3,(H,29,32)/t18-,23+,24-,25+,26+/m0/s1. The molecule has 2 aliphatic rings. The van der Waals surface area contributed by atoms with Gasteiger partial charge >= 0.3 is 0 Å². The fourth-order valence-corrected chi connectivity index (χ4v) is 7.25. The quantitative estimate of drug-likeness (QED) is 0.225. The number of halogens is 2. The molecule has 35 heavy (non-hydrogen) atoms. The summed E-state index contributed by atoms with van der Waals surface area (Å²) < 4.78 is 14.9. The van der Waals surface area contributed by atoms with Crippen molar-refractivity contribution in [2.75, 3.05) is 10.6 Å². The number of thioether (sulfide) groups is 1. The maximum atomic E-state index is 14.9. The van der Waals surface area contributed by atoms with Crippen molar-refractivity contribution in [1.82, 2.24) is 0 Å². The van der Waals surface area contributed by atoms with Crippen molar-refractivity contribution in [1.29, 1.82) is 0 Å². The summed E-state index contributed by atoms with van der Waals surface area (Å²) in [4.78, 5) is 23.4. The summed E-state index contributed by atoms with van der Waals surface area (Å²) in [6, 6.07) is 18.7. The summed E-state index contributed by atoms with van der Waals surface area (Å²) in [6.07, 6.45) is 0.644. The number of hydrogen-bond acceptors (Lipinski definition) is 5. The van der Waals surface area contributed by atoms with Crippen LogP contribution in [0.5, 0.6) is 0 Å². The van der Waals surface area contributed by atoms with E-state index in [4.69, 9.17) is 11.6 Å². The molecule has 9 heteroatoms. The van der Waals surface area contributed by atoms with Gasteiger partial charge in [0, 0.05) is 41.1 Å². The van der Waals surface area contributed by atoms with Gasteiger partial charge in [0.05, 0.1) is 21.2 Å². The predicted molar refractivity (Wildman–Crippen MR) is 137 cm³/mol. The Morgan fingerprint density at radius 3 is 2.63 bits per heavy atom. The van der Waals surface area contributed by atoms with Gasteiger partial charge in [0.1, 0.15) is 5.82 Å². The average Bonchev–Trinajstić information content (AvgIpc) is 3.15. The lowest BCUT2D eigenvalue weighted by Crippen LogP contribution is -2.31. The number of carbonyl (C=O) groups excluding carboxylic acids is 1. The SMILES string of the molecule is CC(=O)Nc1ccc2c(c1)[C@@H]1[C@H](Cl)[C@H](Sc3ccccc3[N+](=O)[O-])C[C@@H]1[C@@H](c1ccccc1F)N2. The van der Waals surface area contributed by atoms with E-state index < -0.39 is 0 Å². The van der Waals surface area contributed by atoms with Crippen molar-refractivity contribution >= 4 is 46.3 Å². The molecular formula is C26H23ClFN3O3S. The molecule has 0 radical (unpaired) electrons. The van der Waals surface area contributed by atoms with E-state index in [1.54, 1.807) is 30.3 Å². The van der Waals surface area contributed by atoms with Crippen LogP contribution in [-0.4, -0.2) is 21.5 Å². The molecule has 0 bridgehead atoms. The molecule has 5 atom stereocenters. The third-order valence-electron chi connectivity index (χ3n) is 6.71. The summed E-state index contributed by atoms with van der Waals surface area (Å²) in [5.41, 5.74) is 3.09. The Bertz CT molecular complexity index is 1310. The molecule has 1 aliphatic carbocycles. The molecule has 1 saturated carbocycles. The number of nitrogens with zero attached hydrogens (tertiary/aromatic N) is 1. The number of benzene rings is 3. The first kappa shape index (κ1) is 23.6. The number of alkyl halides is 1. The highest BCUT2D eigenvalue weighted by atomic mass is 35.5. The zero-order valence-corrected chi connectivity index (χ0v) is 20.4. The Morgan fingerprint density at radius 2 is 1.89 bits per heavy atom. The highest BCUT2D eigenvalue weighted by Gasteiger charge is 2.50. The number of rotatable bonds is 5. The molecule has 2 N–H and O–H groups in total. The molecule has 5 rings (SSSR count). The normalized spacial score (nSPS) is 24.7. The van der Waals surface area contributed by atoms with E-state index in [0.717, 1.165) is 11.3 Å². The monoisotopic (exact) mass is 511 g/mol. The first-order chi connectivity index (χ1) is 16.8. The van der Waals surface area contributed by atoms with Crippen LogP contribution in [0.3, 0.4) is 0 Å². The van der Waals surface area contributed by atoms with Gasteiger partial charge in [0.2, 0.25) is 5.91 Å². The molecular weight excluding hydrogens is 489 g/mol. The van der Waals surface area contributed by atoms with Crippen LogP contribution in [0.15, 0.2) is 71.6 Å². The molecule has 1 heterocycles. The Labute approximate surface area is 211 Å². The molecule has 0 spiro atoms. The number of nitro benzene ring substituents is 1. The second-order valence-corrected chi connectivity index (χ2v) is 10.7. The molecule has 3 aromatic rings. The fraction of sp³-hybridized carbons (Fsp3) is 0.269. The van der Waals surface area contributed by atoms with Crippen molar-refractivity contribution in [2.45, 2.75) is 40.8 Å². The Balaban J connectivity index is 1.56. The minimum atomic E-state index is -0.383. The zero-order chi connectivity index (χ0) is 24.7. The minimum Gasteiger partial charge on any atom is -0.378 e. The molecule has 0 aromatic heterocycles. The van der Waals surface area contributed by atoms with Gasteiger partial charge in [-0.05, 0) is 48.2 Å². The number of amides is 1. The maximum absolute atomic E-state index is 14.9. The molecule has 1 fully saturated rings. The van der Waals surface area contributed by atoms with Gasteiger partial charge in [0.15, 0.2) is 0 Å². The number of nitro groups is 1. The van der Waals surface area contributed by atoms with Crippen LogP contribution in [0.2, 0.25) is 0 Å². The highest BCUT2D eigenvalue weighted by molar-refractivity contribution is 8.00. The van der Waals surface area contributed by atoms with Crippen molar-refractivity contribution in [3.05, 3.63) is 93.8 Å². The summed E-state index contributed by atoms with van der Waals surface area (Å²) in [5.74, 6) is -0.641. The smallest absolute Gasteiger partial charge is 0.282 e. The molecule has 0 unspecified atom stereocenters. The van der Waals surface area contributed by atoms with Crippen LogP contribution in [0.1, 0.15) is 36.4 Å². The van der Waals surface area contributed by atoms with Crippen molar-refractivity contribution in [2.24, 2.45) is 5.92 Å². The number of para-hydroxylation sites is 1. The van der Waals surface area contributed by atoms with Gasteiger partial charge in [-0.3, -0.25) is 14.9 Å². The number of carbonyl (C=O) groups is 1. The number of hydrogen-bond donors (Lipinski definition) is 2. The van der Waals surface area contributed by atoms with Crippen LogP contribution >= 0.6 is 23.4 Å². The van der Waals surface area contributed by atoms with Gasteiger partial charge in [-0.2, -0.15) is 0 Å². The summed E-state index contributed by atoms with van der Waals surface area (Å²) in [5, 5.41) is 17.4. The average molecular weight is 512 g/mol. The van der Waals surface area contributed by atoms with Gasteiger partial charge in [0.25, 0.3) is 5.69 Å². The van der Waals surface area contributed by atoms with Crippen molar-refractivity contribution in [3.8, 4) is 0 Å². The van der Waals surface area contributed by atoms with Gasteiger partial charge in [-0.15, -0.1) is 23.4 Å². The largest absolute Gasteiger partial charge is 0.378 e. The molecule has 1 aliphatic heterocycles. The molecule has 180 valence electrons. The number of fused-ring (bicyclic) bond motifs is 3. The van der Waals surface area contributed by atoms with E-state index in [0.29, 0.717) is 22.6 Å². The third kappa shape index (κ3) is 4.48. The van der Waals surface area contributed by atoms with Crippen molar-refractivity contribution < 1.29 is 14.1 Å². The second kappa shape index (κ2) is 9.51. The molecule has 1 amide bonds. The summed E-state index contributed by atoms with van der Waals surface area (Å²) >= 11 is 8.52. The second-order valence-electron chi connectivity index (χ2n) is 8.88. The van der Waals surface area contributed by atoms with E-state index in [-0.39, 0.29) is 50.8 Å². The Hall–Kier alpha value is -3.10. The lowest BCUT2D eigenvalue weighted by molar-refractivity contribution is -0.387. The Morgan fingerprint density at radius 1 is 1.14 bits per heavy atom. The Kier molecular flexibility index (Phi) is 6.42. The summed E-state index contributed by atoms with van der Waals surface area (Å²) in [6.45, 7) is 1.45. The molecule has 6 nitrogen and oxygen atoms in total. The van der Waals surface area contributed by atoms with Crippen LogP contribution in [0.4, 0.5) is 21.5 Å². The van der Waals surface area contributed by atoms with Gasteiger partial charge < -0.3 is 10.6 Å². The fourth-order valence-electron chi connectivity index (χ4n) is 5.30.